The summed E-state index contributed by atoms with van der Waals surface area (Å²) in [6.45, 7) is 0.926. The van der Waals surface area contributed by atoms with Crippen molar-refractivity contribution >= 4 is 5.78 Å². The van der Waals surface area contributed by atoms with Crippen molar-refractivity contribution in [3.05, 3.63) is 51.9 Å². The summed E-state index contributed by atoms with van der Waals surface area (Å²) in [4.78, 5) is 23.1. The number of Topliss-reactive ketones (excluding diaryl/α,β-unsaturated/α-hetero) is 1. The van der Waals surface area contributed by atoms with E-state index in [0.29, 0.717) is 4.68 Å². The molecule has 1 aromatic heterocycles. The number of alkyl halides is 3. The number of benzene rings is 1. The van der Waals surface area contributed by atoms with E-state index in [0.717, 1.165) is 6.92 Å². The van der Waals surface area contributed by atoms with E-state index in [2.05, 4.69) is 0 Å². The van der Waals surface area contributed by atoms with E-state index in [1.54, 1.807) is 18.2 Å². The van der Waals surface area contributed by atoms with Crippen LogP contribution in [0.15, 0.2) is 35.1 Å². The smallest absolute Gasteiger partial charge is 0.294 e. The highest BCUT2D eigenvalue weighted by atomic mass is 19.4. The van der Waals surface area contributed by atoms with Crippen molar-refractivity contribution in [3.8, 4) is 5.69 Å². The molecule has 1 heterocycles. The molecule has 1 aromatic carbocycles. The molecule has 0 atom stereocenters. The first-order valence-corrected chi connectivity index (χ1v) is 5.31. The molecular weight excluding hydrogens is 261 g/mol. The van der Waals surface area contributed by atoms with E-state index >= 15 is 0 Å². The first-order chi connectivity index (χ1) is 8.82. The van der Waals surface area contributed by atoms with Gasteiger partial charge in [0.05, 0.1) is 5.69 Å². The number of rotatable bonds is 2. The summed E-state index contributed by atoms with van der Waals surface area (Å²) in [5.74, 6) is -0.928. The van der Waals surface area contributed by atoms with Gasteiger partial charge in [0.15, 0.2) is 11.5 Å². The lowest BCUT2D eigenvalue weighted by molar-refractivity contribution is -0.141. The summed E-state index contributed by atoms with van der Waals surface area (Å²) in [7, 11) is 0. The molecule has 0 fully saturated rings. The predicted molar refractivity (Wildman–Crippen MR) is 61.4 cm³/mol. The Bertz CT molecular complexity index is 669. The van der Waals surface area contributed by atoms with Crippen LogP contribution in [-0.4, -0.2) is 15.6 Å². The van der Waals surface area contributed by atoms with Crippen molar-refractivity contribution in [2.75, 3.05) is 0 Å². The summed E-state index contributed by atoms with van der Waals surface area (Å²) >= 11 is 0. The van der Waals surface area contributed by atoms with E-state index in [-0.39, 0.29) is 5.69 Å². The maximum absolute atomic E-state index is 12.8. The number of halogens is 3. The number of carbonyl (C=O) groups is 1. The third-order valence-electron chi connectivity index (χ3n) is 2.54. The van der Waals surface area contributed by atoms with Crippen LogP contribution in [0.4, 0.5) is 13.2 Å². The van der Waals surface area contributed by atoms with Gasteiger partial charge in [0.1, 0.15) is 5.56 Å². The lowest BCUT2D eigenvalue weighted by Crippen LogP contribution is -2.20. The fourth-order valence-electron chi connectivity index (χ4n) is 1.73. The molecule has 7 heteroatoms. The highest BCUT2D eigenvalue weighted by molar-refractivity contribution is 5.95. The Hall–Kier alpha value is -2.31. The highest BCUT2D eigenvalue weighted by Gasteiger charge is 2.39. The summed E-state index contributed by atoms with van der Waals surface area (Å²) in [5.41, 5.74) is -2.98. The van der Waals surface area contributed by atoms with Crippen LogP contribution in [0.1, 0.15) is 23.0 Å². The van der Waals surface area contributed by atoms with Crippen molar-refractivity contribution in [1.82, 2.24) is 9.78 Å². The Kier molecular flexibility index (Phi) is 3.05. The molecule has 100 valence electrons. The zero-order valence-corrected chi connectivity index (χ0v) is 9.78. The molecule has 4 nitrogen and oxygen atoms in total. The lowest BCUT2D eigenvalue weighted by atomic mass is 10.2. The molecule has 0 aliphatic heterocycles. The molecule has 2 aromatic rings. The van der Waals surface area contributed by atoms with Crippen molar-refractivity contribution in [2.24, 2.45) is 0 Å². The second-order valence-electron chi connectivity index (χ2n) is 3.89. The van der Waals surface area contributed by atoms with Gasteiger partial charge in [-0.2, -0.15) is 13.2 Å². The Labute approximate surface area is 105 Å². The fourth-order valence-corrected chi connectivity index (χ4v) is 1.73. The van der Waals surface area contributed by atoms with Gasteiger partial charge in [0, 0.05) is 0 Å². The normalized spacial score (nSPS) is 11.6. The first-order valence-electron chi connectivity index (χ1n) is 5.31. The van der Waals surface area contributed by atoms with Gasteiger partial charge >= 0.3 is 6.18 Å². The van der Waals surface area contributed by atoms with Gasteiger partial charge in [-0.25, -0.2) is 4.68 Å². The second kappa shape index (κ2) is 4.42. The Balaban J connectivity index is 2.74. The molecule has 2 rings (SSSR count). The van der Waals surface area contributed by atoms with Crippen LogP contribution >= 0.6 is 0 Å². The van der Waals surface area contributed by atoms with Crippen molar-refractivity contribution in [3.63, 3.8) is 0 Å². The Morgan fingerprint density at radius 2 is 1.79 bits per heavy atom. The monoisotopic (exact) mass is 270 g/mol. The minimum Gasteiger partial charge on any atom is -0.294 e. The molecule has 0 spiro atoms. The van der Waals surface area contributed by atoms with Gasteiger partial charge in [-0.05, 0) is 19.1 Å². The molecule has 0 unspecified atom stereocenters. The number of aromatic nitrogens is 2. The van der Waals surface area contributed by atoms with E-state index < -0.39 is 28.8 Å². The number of hydrogen-bond acceptors (Lipinski definition) is 2. The zero-order valence-electron chi connectivity index (χ0n) is 9.78. The van der Waals surface area contributed by atoms with Gasteiger partial charge in [0.2, 0.25) is 0 Å². The number of aromatic amines is 1. The Morgan fingerprint density at radius 3 is 2.21 bits per heavy atom. The second-order valence-corrected chi connectivity index (χ2v) is 3.89. The molecule has 19 heavy (non-hydrogen) atoms. The van der Waals surface area contributed by atoms with Crippen LogP contribution in [0.25, 0.3) is 5.69 Å². The predicted octanol–water partition coefficient (Wildman–Crippen LogP) is 2.39. The number of ketones is 1. The van der Waals surface area contributed by atoms with Gasteiger partial charge in [-0.3, -0.25) is 14.7 Å². The van der Waals surface area contributed by atoms with Crippen LogP contribution in [0, 0.1) is 0 Å². The van der Waals surface area contributed by atoms with Gasteiger partial charge in [-0.15, -0.1) is 0 Å². The maximum Gasteiger partial charge on any atom is 0.433 e. The molecule has 0 saturated carbocycles. The van der Waals surface area contributed by atoms with Gasteiger partial charge in [0.25, 0.3) is 5.56 Å². The van der Waals surface area contributed by atoms with Crippen LogP contribution in [-0.2, 0) is 6.18 Å². The topological polar surface area (TPSA) is 54.9 Å². The Morgan fingerprint density at radius 1 is 1.21 bits per heavy atom. The molecule has 0 bridgehead atoms. The van der Waals surface area contributed by atoms with E-state index in [1.807, 2.05) is 5.10 Å². The number of para-hydroxylation sites is 1. The SMILES string of the molecule is CC(=O)c1c(C(F)(F)F)[nH]n(-c2ccccc2)c1=O. The van der Waals surface area contributed by atoms with Crippen molar-refractivity contribution < 1.29 is 18.0 Å². The number of carbonyl (C=O) groups excluding carboxylic acids is 1. The quantitative estimate of drug-likeness (QED) is 0.852. The van der Waals surface area contributed by atoms with Gasteiger partial charge in [-0.1, -0.05) is 18.2 Å². The van der Waals surface area contributed by atoms with Crippen LogP contribution in [0.5, 0.6) is 0 Å². The molecular formula is C12H9F3N2O2. The number of nitrogens with zero attached hydrogens (tertiary/aromatic N) is 1. The third-order valence-corrected chi connectivity index (χ3v) is 2.54. The molecule has 1 N–H and O–H groups in total. The number of hydrogen-bond donors (Lipinski definition) is 1. The first kappa shape index (κ1) is 13.1. The molecule has 0 saturated heterocycles. The van der Waals surface area contributed by atoms with Crippen molar-refractivity contribution in [1.29, 1.82) is 0 Å². The third kappa shape index (κ3) is 2.31. The molecule has 0 radical (unpaired) electrons. The number of H-pyrrole nitrogens is 1. The fraction of sp³-hybridized carbons (Fsp3) is 0.167. The van der Waals surface area contributed by atoms with E-state index in [4.69, 9.17) is 0 Å². The average molecular weight is 270 g/mol. The number of nitrogens with one attached hydrogen (secondary N) is 1. The van der Waals surface area contributed by atoms with Crippen molar-refractivity contribution in [2.45, 2.75) is 13.1 Å². The highest BCUT2D eigenvalue weighted by Crippen LogP contribution is 2.29. The maximum atomic E-state index is 12.8. The van der Waals surface area contributed by atoms with E-state index in [9.17, 15) is 22.8 Å². The largest absolute Gasteiger partial charge is 0.433 e. The molecule has 0 aliphatic rings. The zero-order chi connectivity index (χ0) is 14.2. The minimum atomic E-state index is -4.79. The summed E-state index contributed by atoms with van der Waals surface area (Å²) in [6, 6.07) is 7.73. The van der Waals surface area contributed by atoms with E-state index in [1.165, 1.54) is 12.1 Å². The summed E-state index contributed by atoms with van der Waals surface area (Å²) in [5, 5.41) is 1.95. The summed E-state index contributed by atoms with van der Waals surface area (Å²) in [6.07, 6.45) is -4.79. The minimum absolute atomic E-state index is 0.227. The molecule has 0 amide bonds. The van der Waals surface area contributed by atoms with Gasteiger partial charge < -0.3 is 0 Å². The molecule has 0 aliphatic carbocycles. The lowest BCUT2D eigenvalue weighted by Gasteiger charge is -2.04. The summed E-state index contributed by atoms with van der Waals surface area (Å²) < 4.78 is 39.1. The average Bonchev–Trinajstić information content (AvgIpc) is 2.68. The van der Waals surface area contributed by atoms with Crippen LogP contribution in [0.2, 0.25) is 0 Å². The van der Waals surface area contributed by atoms with Crippen LogP contribution < -0.4 is 5.56 Å². The van der Waals surface area contributed by atoms with Crippen LogP contribution in [0.3, 0.4) is 0 Å². The standard InChI is InChI=1S/C12H9F3N2O2/c1-7(18)9-10(12(13,14)15)16-17(11(9)19)8-5-3-2-4-6-8/h2-6,16H,1H3.